The normalized spacial score (nSPS) is 12.4. The van der Waals surface area contributed by atoms with Gasteiger partial charge in [0.25, 0.3) is 5.56 Å². The molecule has 0 spiro atoms. The van der Waals surface area contributed by atoms with Gasteiger partial charge >= 0.3 is 0 Å². The molecule has 0 radical (unpaired) electrons. The molecule has 4 aromatic rings. The summed E-state index contributed by atoms with van der Waals surface area (Å²) in [4.78, 5) is 12.8. The predicted octanol–water partition coefficient (Wildman–Crippen LogP) is 3.34. The quantitative estimate of drug-likeness (QED) is 0.605. The van der Waals surface area contributed by atoms with E-state index in [1.807, 2.05) is 31.2 Å². The largest absolute Gasteiger partial charge is 0.387 e. The lowest BCUT2D eigenvalue weighted by atomic mass is 10.1. The molecule has 0 saturated carbocycles. The molecule has 5 nitrogen and oxygen atoms in total. The van der Waals surface area contributed by atoms with Crippen LogP contribution in [0.3, 0.4) is 0 Å². The molecule has 136 valence electrons. The Hall–Kier alpha value is -3.25. The number of hydrogen-bond donors (Lipinski definition) is 1. The molecule has 1 N–H and O–H groups in total. The highest BCUT2D eigenvalue weighted by molar-refractivity contribution is 5.65. The number of benzene rings is 2. The van der Waals surface area contributed by atoms with E-state index in [2.05, 4.69) is 5.10 Å². The lowest BCUT2D eigenvalue weighted by molar-refractivity contribution is 0.155. The SMILES string of the molecule is Cc1ccc(-c2cc3c(=O)n(C[C@H](O)c4ccc(F)cc4)ccn3n2)cc1. The van der Waals surface area contributed by atoms with Crippen LogP contribution in [0.25, 0.3) is 16.8 Å². The lowest BCUT2D eigenvalue weighted by Crippen LogP contribution is -2.24. The van der Waals surface area contributed by atoms with Crippen LogP contribution in [0.15, 0.2) is 71.8 Å². The van der Waals surface area contributed by atoms with Crippen molar-refractivity contribution in [3.8, 4) is 11.3 Å². The van der Waals surface area contributed by atoms with Crippen LogP contribution in [0.2, 0.25) is 0 Å². The third kappa shape index (κ3) is 3.39. The second-order valence-corrected chi connectivity index (χ2v) is 6.55. The molecular weight excluding hydrogens is 345 g/mol. The summed E-state index contributed by atoms with van der Waals surface area (Å²) in [7, 11) is 0. The topological polar surface area (TPSA) is 59.5 Å². The van der Waals surface area contributed by atoms with E-state index < -0.39 is 6.10 Å². The van der Waals surface area contributed by atoms with Crippen molar-refractivity contribution in [1.29, 1.82) is 0 Å². The van der Waals surface area contributed by atoms with Crippen LogP contribution in [-0.4, -0.2) is 19.3 Å². The van der Waals surface area contributed by atoms with Crippen LogP contribution in [0.4, 0.5) is 4.39 Å². The molecular formula is C21H18FN3O2. The maximum atomic E-state index is 13.0. The van der Waals surface area contributed by atoms with Crippen LogP contribution < -0.4 is 5.56 Å². The molecule has 0 aliphatic rings. The average Bonchev–Trinajstić information content (AvgIpc) is 3.10. The summed E-state index contributed by atoms with van der Waals surface area (Å²) in [6.45, 7) is 2.09. The Kier molecular flexibility index (Phi) is 4.33. The average molecular weight is 363 g/mol. The van der Waals surface area contributed by atoms with E-state index in [1.165, 1.54) is 33.3 Å². The number of hydrogen-bond acceptors (Lipinski definition) is 3. The molecule has 2 aromatic heterocycles. The highest BCUT2D eigenvalue weighted by Gasteiger charge is 2.13. The van der Waals surface area contributed by atoms with Crippen LogP contribution in [0, 0.1) is 12.7 Å². The summed E-state index contributed by atoms with van der Waals surface area (Å²) in [5.74, 6) is -0.368. The number of fused-ring (bicyclic) bond motifs is 1. The summed E-state index contributed by atoms with van der Waals surface area (Å²) in [6, 6.07) is 15.3. The maximum absolute atomic E-state index is 13.0. The third-order valence-corrected chi connectivity index (χ3v) is 4.58. The van der Waals surface area contributed by atoms with E-state index in [0.29, 0.717) is 16.8 Å². The third-order valence-electron chi connectivity index (χ3n) is 4.58. The fraction of sp³-hybridized carbons (Fsp3) is 0.143. The van der Waals surface area contributed by atoms with Gasteiger partial charge in [-0.3, -0.25) is 4.79 Å². The number of rotatable bonds is 4. The van der Waals surface area contributed by atoms with E-state index in [1.54, 1.807) is 18.5 Å². The zero-order valence-electron chi connectivity index (χ0n) is 14.7. The number of nitrogens with zero attached hydrogens (tertiary/aromatic N) is 3. The van der Waals surface area contributed by atoms with Gasteiger partial charge in [0.2, 0.25) is 0 Å². The number of aliphatic hydroxyl groups is 1. The lowest BCUT2D eigenvalue weighted by Gasteiger charge is -2.13. The van der Waals surface area contributed by atoms with E-state index >= 15 is 0 Å². The molecule has 6 heteroatoms. The van der Waals surface area contributed by atoms with Crippen molar-refractivity contribution in [3.05, 3.63) is 94.3 Å². The Morgan fingerprint density at radius 3 is 2.48 bits per heavy atom. The van der Waals surface area contributed by atoms with Gasteiger partial charge in [-0.15, -0.1) is 0 Å². The zero-order valence-corrected chi connectivity index (χ0v) is 14.7. The van der Waals surface area contributed by atoms with Crippen molar-refractivity contribution in [2.24, 2.45) is 0 Å². The molecule has 0 unspecified atom stereocenters. The second kappa shape index (κ2) is 6.81. The van der Waals surface area contributed by atoms with Crippen LogP contribution in [-0.2, 0) is 6.54 Å². The molecule has 0 saturated heterocycles. The first kappa shape index (κ1) is 17.2. The van der Waals surface area contributed by atoms with Crippen molar-refractivity contribution < 1.29 is 9.50 Å². The minimum atomic E-state index is -0.912. The molecule has 0 aliphatic carbocycles. The van der Waals surface area contributed by atoms with Gasteiger partial charge in [0, 0.05) is 18.0 Å². The van der Waals surface area contributed by atoms with Crippen molar-refractivity contribution >= 4 is 5.52 Å². The van der Waals surface area contributed by atoms with Crippen molar-refractivity contribution in [2.75, 3.05) is 0 Å². The molecule has 2 heterocycles. The summed E-state index contributed by atoms with van der Waals surface area (Å²) < 4.78 is 16.0. The molecule has 0 fully saturated rings. The van der Waals surface area contributed by atoms with Crippen LogP contribution in [0.1, 0.15) is 17.2 Å². The highest BCUT2D eigenvalue weighted by atomic mass is 19.1. The molecule has 0 amide bonds. The Bertz CT molecular complexity index is 1140. The smallest absolute Gasteiger partial charge is 0.276 e. The number of aliphatic hydroxyl groups excluding tert-OH is 1. The summed E-state index contributed by atoms with van der Waals surface area (Å²) in [5.41, 5.74) is 3.53. The number of aryl methyl sites for hydroxylation is 1. The van der Waals surface area contributed by atoms with E-state index in [0.717, 1.165) is 11.1 Å². The summed E-state index contributed by atoms with van der Waals surface area (Å²) in [5, 5.41) is 14.8. The van der Waals surface area contributed by atoms with Gasteiger partial charge in [0.15, 0.2) is 0 Å². The molecule has 27 heavy (non-hydrogen) atoms. The number of halogens is 1. The first-order chi connectivity index (χ1) is 13.0. The van der Waals surface area contributed by atoms with Gasteiger partial charge in [-0.25, -0.2) is 8.91 Å². The zero-order chi connectivity index (χ0) is 19.0. The van der Waals surface area contributed by atoms with Gasteiger partial charge in [0.1, 0.15) is 11.3 Å². The molecule has 1 atom stereocenters. The van der Waals surface area contributed by atoms with Gasteiger partial charge in [-0.05, 0) is 30.7 Å². The van der Waals surface area contributed by atoms with Crippen LogP contribution in [0.5, 0.6) is 0 Å². The monoisotopic (exact) mass is 363 g/mol. The molecule has 0 aliphatic heterocycles. The van der Waals surface area contributed by atoms with Gasteiger partial charge in [-0.2, -0.15) is 5.10 Å². The van der Waals surface area contributed by atoms with Crippen molar-refractivity contribution in [1.82, 2.24) is 14.2 Å². The van der Waals surface area contributed by atoms with Gasteiger partial charge in [-0.1, -0.05) is 42.0 Å². The highest BCUT2D eigenvalue weighted by Crippen LogP contribution is 2.19. The van der Waals surface area contributed by atoms with Gasteiger partial charge < -0.3 is 9.67 Å². The minimum Gasteiger partial charge on any atom is -0.387 e. The first-order valence-corrected chi connectivity index (χ1v) is 8.61. The maximum Gasteiger partial charge on any atom is 0.276 e. The fourth-order valence-electron chi connectivity index (χ4n) is 3.01. The van der Waals surface area contributed by atoms with Crippen LogP contribution >= 0.6 is 0 Å². The van der Waals surface area contributed by atoms with E-state index in [-0.39, 0.29) is 17.9 Å². The van der Waals surface area contributed by atoms with Crippen molar-refractivity contribution in [3.63, 3.8) is 0 Å². The minimum absolute atomic E-state index is 0.0754. The summed E-state index contributed by atoms with van der Waals surface area (Å²) >= 11 is 0. The Balaban J connectivity index is 1.66. The Labute approximate surface area is 154 Å². The fourth-order valence-corrected chi connectivity index (χ4v) is 3.01. The molecule has 0 bridgehead atoms. The Morgan fingerprint density at radius 1 is 1.07 bits per heavy atom. The second-order valence-electron chi connectivity index (χ2n) is 6.55. The number of aromatic nitrogens is 3. The van der Waals surface area contributed by atoms with E-state index in [4.69, 9.17) is 0 Å². The first-order valence-electron chi connectivity index (χ1n) is 8.61. The summed E-state index contributed by atoms with van der Waals surface area (Å²) in [6.07, 6.45) is 2.37. The van der Waals surface area contributed by atoms with Gasteiger partial charge in [0.05, 0.1) is 18.3 Å². The molecule has 2 aromatic carbocycles. The van der Waals surface area contributed by atoms with E-state index in [9.17, 15) is 14.3 Å². The predicted molar refractivity (Wildman–Crippen MR) is 101 cm³/mol. The van der Waals surface area contributed by atoms with Crippen molar-refractivity contribution in [2.45, 2.75) is 19.6 Å². The molecule has 4 rings (SSSR count). The Morgan fingerprint density at radius 2 is 1.78 bits per heavy atom. The standard InChI is InChI=1S/C21H18FN3O2/c1-14-2-4-15(5-3-14)18-12-19-21(27)24(10-11-25(19)23-18)13-20(26)16-6-8-17(22)9-7-16/h2-12,20,26H,13H2,1H3/t20-/m0/s1.